The monoisotopic (exact) mass is 580 g/mol. The van der Waals surface area contributed by atoms with Crippen molar-refractivity contribution in [3.63, 3.8) is 0 Å². The molecule has 1 aliphatic rings. The van der Waals surface area contributed by atoms with Crippen molar-refractivity contribution >= 4 is 52.3 Å². The van der Waals surface area contributed by atoms with Crippen molar-refractivity contribution in [1.82, 2.24) is 10.2 Å². The number of nitrogens with one attached hydrogen (secondary N) is 1. The molecule has 0 bridgehead atoms. The fraction of sp³-hybridized carbons (Fsp3) is 0.345. The molecule has 1 atom stereocenters. The lowest BCUT2D eigenvalue weighted by Crippen LogP contribution is -2.34. The third-order valence-corrected chi connectivity index (χ3v) is 8.37. The highest BCUT2D eigenvalue weighted by atomic mass is 35.5. The first-order chi connectivity index (χ1) is 17.8. The Morgan fingerprint density at radius 3 is 2.41 bits per heavy atom. The molecule has 8 heteroatoms. The van der Waals surface area contributed by atoms with E-state index in [-0.39, 0.29) is 17.6 Å². The van der Waals surface area contributed by atoms with Gasteiger partial charge in [0.05, 0.1) is 20.6 Å². The van der Waals surface area contributed by atoms with E-state index >= 15 is 0 Å². The van der Waals surface area contributed by atoms with Gasteiger partial charge in [0, 0.05) is 29.6 Å². The summed E-state index contributed by atoms with van der Waals surface area (Å²) in [6.07, 6.45) is 4.05. The number of rotatable bonds is 9. The molecule has 1 N–H and O–H groups in total. The average Bonchev–Trinajstić information content (AvgIpc) is 2.88. The molecule has 0 radical (unpaired) electrons. The minimum Gasteiger partial charge on any atom is -0.351 e. The molecule has 1 aliphatic heterocycles. The van der Waals surface area contributed by atoms with Crippen LogP contribution >= 0.6 is 46.4 Å². The lowest BCUT2D eigenvalue weighted by Gasteiger charge is -2.33. The van der Waals surface area contributed by atoms with Gasteiger partial charge in [-0.3, -0.25) is 9.69 Å². The van der Waals surface area contributed by atoms with Gasteiger partial charge in [-0.25, -0.2) is 4.39 Å². The topological polar surface area (TPSA) is 32.3 Å². The van der Waals surface area contributed by atoms with E-state index in [0.29, 0.717) is 44.7 Å². The summed E-state index contributed by atoms with van der Waals surface area (Å²) in [5, 5.41) is 4.83. The van der Waals surface area contributed by atoms with Crippen LogP contribution in [0.15, 0.2) is 60.7 Å². The van der Waals surface area contributed by atoms with Gasteiger partial charge < -0.3 is 5.32 Å². The maximum absolute atomic E-state index is 14.0. The lowest BCUT2D eigenvalue weighted by atomic mass is 9.86. The van der Waals surface area contributed by atoms with Crippen LogP contribution in [0.25, 0.3) is 0 Å². The first-order valence-electron chi connectivity index (χ1n) is 12.4. The van der Waals surface area contributed by atoms with Crippen LogP contribution in [-0.4, -0.2) is 30.4 Å². The average molecular weight is 582 g/mol. The van der Waals surface area contributed by atoms with E-state index in [1.165, 1.54) is 6.07 Å². The predicted molar refractivity (Wildman–Crippen MR) is 152 cm³/mol. The van der Waals surface area contributed by atoms with Crippen LogP contribution in [-0.2, 0) is 6.54 Å². The number of hydrogen-bond donors (Lipinski definition) is 1. The Balaban J connectivity index is 1.35. The van der Waals surface area contributed by atoms with Crippen molar-refractivity contribution in [3.05, 3.63) is 103 Å². The Morgan fingerprint density at radius 2 is 1.70 bits per heavy atom. The Labute approximate surface area is 237 Å². The standard InChI is InChI=1S/C29H29Cl4FN2O/c30-23-8-9-24(26(32)16-23)29(37)35-17-21(20-7-10-25(31)27(33)15-20)6-5-19-11-13-36(14-12-19)18-22-3-1-2-4-28(22)34/h1-4,7-10,15-16,19,21H,5-6,11-14,17-18H2,(H,35,37). The van der Waals surface area contributed by atoms with Gasteiger partial charge >= 0.3 is 0 Å². The second kappa shape index (κ2) is 13.3. The molecule has 0 saturated carbocycles. The zero-order chi connectivity index (χ0) is 26.4. The highest BCUT2D eigenvalue weighted by Crippen LogP contribution is 2.32. The van der Waals surface area contributed by atoms with Crippen LogP contribution in [0.1, 0.15) is 53.1 Å². The molecular weight excluding hydrogens is 553 g/mol. The van der Waals surface area contributed by atoms with Crippen LogP contribution in [0.2, 0.25) is 20.1 Å². The molecule has 37 heavy (non-hydrogen) atoms. The number of nitrogens with zero attached hydrogens (tertiary/aromatic N) is 1. The van der Waals surface area contributed by atoms with E-state index in [0.717, 1.165) is 49.9 Å². The molecule has 3 nitrogen and oxygen atoms in total. The molecule has 3 aromatic rings. The van der Waals surface area contributed by atoms with Gasteiger partial charge in [-0.1, -0.05) is 70.7 Å². The highest BCUT2D eigenvalue weighted by Gasteiger charge is 2.23. The molecular formula is C29H29Cl4FN2O. The summed E-state index contributed by atoms with van der Waals surface area (Å²) < 4.78 is 14.0. The summed E-state index contributed by atoms with van der Waals surface area (Å²) in [7, 11) is 0. The number of piperidine rings is 1. The van der Waals surface area contributed by atoms with Gasteiger partial charge in [-0.15, -0.1) is 0 Å². The largest absolute Gasteiger partial charge is 0.351 e. The zero-order valence-corrected chi connectivity index (χ0v) is 23.4. The van der Waals surface area contributed by atoms with Crippen molar-refractivity contribution in [2.45, 2.75) is 38.1 Å². The first kappa shape index (κ1) is 28.2. The minimum absolute atomic E-state index is 0.0706. The van der Waals surface area contributed by atoms with Crippen molar-refractivity contribution in [1.29, 1.82) is 0 Å². The molecule has 1 fully saturated rings. The number of halogens is 5. The maximum Gasteiger partial charge on any atom is 0.252 e. The maximum atomic E-state index is 14.0. The SMILES string of the molecule is O=C(NCC(CCC1CCN(Cc2ccccc2F)CC1)c1ccc(Cl)c(Cl)c1)c1ccc(Cl)cc1Cl. The Bertz CT molecular complexity index is 1230. The zero-order valence-electron chi connectivity index (χ0n) is 20.3. The van der Waals surface area contributed by atoms with Gasteiger partial charge in [-0.05, 0) is 86.7 Å². The summed E-state index contributed by atoms with van der Waals surface area (Å²) in [5.41, 5.74) is 2.17. The van der Waals surface area contributed by atoms with Crippen molar-refractivity contribution < 1.29 is 9.18 Å². The summed E-state index contributed by atoms with van der Waals surface area (Å²) in [4.78, 5) is 15.2. The molecule has 0 spiro atoms. The number of carbonyl (C=O) groups is 1. The van der Waals surface area contributed by atoms with Crippen LogP contribution in [0.3, 0.4) is 0 Å². The van der Waals surface area contributed by atoms with Crippen molar-refractivity contribution in [3.8, 4) is 0 Å². The molecule has 4 rings (SSSR count). The van der Waals surface area contributed by atoms with E-state index in [9.17, 15) is 9.18 Å². The Morgan fingerprint density at radius 1 is 0.946 bits per heavy atom. The normalized spacial score (nSPS) is 15.5. The molecule has 3 aromatic carbocycles. The molecule has 1 amide bonds. The number of carbonyl (C=O) groups excluding carboxylic acids is 1. The molecule has 1 saturated heterocycles. The summed E-state index contributed by atoms with van der Waals surface area (Å²) >= 11 is 24.7. The number of benzene rings is 3. The Kier molecular flexibility index (Phi) is 10.1. The van der Waals surface area contributed by atoms with Gasteiger partial charge in [0.1, 0.15) is 5.82 Å². The molecule has 0 aromatic heterocycles. The number of hydrogen-bond acceptors (Lipinski definition) is 2. The third-order valence-electron chi connectivity index (χ3n) is 7.08. The van der Waals surface area contributed by atoms with E-state index in [1.807, 2.05) is 24.3 Å². The fourth-order valence-corrected chi connectivity index (χ4v) is 5.68. The predicted octanol–water partition coefficient (Wildman–Crippen LogP) is 8.65. The third kappa shape index (κ3) is 7.84. The molecule has 0 aliphatic carbocycles. The first-order valence-corrected chi connectivity index (χ1v) is 14.0. The van der Waals surface area contributed by atoms with E-state index < -0.39 is 0 Å². The van der Waals surface area contributed by atoms with E-state index in [1.54, 1.807) is 30.3 Å². The second-order valence-corrected chi connectivity index (χ2v) is 11.3. The molecule has 1 unspecified atom stereocenters. The van der Waals surface area contributed by atoms with Gasteiger partial charge in [0.2, 0.25) is 0 Å². The summed E-state index contributed by atoms with van der Waals surface area (Å²) in [6.45, 7) is 2.98. The number of likely N-dealkylation sites (tertiary alicyclic amines) is 1. The van der Waals surface area contributed by atoms with Gasteiger partial charge in [0.25, 0.3) is 5.91 Å². The second-order valence-electron chi connectivity index (χ2n) is 9.59. The summed E-state index contributed by atoms with van der Waals surface area (Å²) in [5.74, 6) is 0.258. The van der Waals surface area contributed by atoms with Crippen LogP contribution in [0.4, 0.5) is 4.39 Å². The van der Waals surface area contributed by atoms with E-state index in [4.69, 9.17) is 46.4 Å². The van der Waals surface area contributed by atoms with Crippen molar-refractivity contribution in [2.75, 3.05) is 19.6 Å². The van der Waals surface area contributed by atoms with Crippen molar-refractivity contribution in [2.24, 2.45) is 5.92 Å². The number of amides is 1. The Hall–Kier alpha value is -1.82. The minimum atomic E-state index is -0.242. The quantitative estimate of drug-likeness (QED) is 0.274. The van der Waals surface area contributed by atoms with Crippen LogP contribution in [0, 0.1) is 11.7 Å². The highest BCUT2D eigenvalue weighted by molar-refractivity contribution is 6.42. The fourth-order valence-electron chi connectivity index (χ4n) is 4.88. The lowest BCUT2D eigenvalue weighted by molar-refractivity contribution is 0.0950. The van der Waals surface area contributed by atoms with Gasteiger partial charge in [0.15, 0.2) is 0 Å². The molecule has 196 valence electrons. The van der Waals surface area contributed by atoms with Crippen LogP contribution in [0.5, 0.6) is 0 Å². The smallest absolute Gasteiger partial charge is 0.252 e. The molecule has 1 heterocycles. The van der Waals surface area contributed by atoms with Gasteiger partial charge in [-0.2, -0.15) is 0 Å². The van der Waals surface area contributed by atoms with Crippen LogP contribution < -0.4 is 5.32 Å². The summed E-state index contributed by atoms with van der Waals surface area (Å²) in [6, 6.07) is 17.5. The van der Waals surface area contributed by atoms with E-state index in [2.05, 4.69) is 10.2 Å².